The first-order valence-electron chi connectivity index (χ1n) is 7.93. The maximum atomic E-state index is 5.77. The van der Waals surface area contributed by atoms with Crippen LogP contribution >= 0.6 is 11.6 Å². The highest BCUT2D eigenvalue weighted by Crippen LogP contribution is 2.05. The van der Waals surface area contributed by atoms with E-state index in [9.17, 15) is 0 Å². The second-order valence-electron chi connectivity index (χ2n) is 5.15. The van der Waals surface area contributed by atoms with Crippen LogP contribution in [0.1, 0.15) is 17.7 Å². The summed E-state index contributed by atoms with van der Waals surface area (Å²) in [6.45, 7) is 2.74. The van der Waals surface area contributed by atoms with E-state index in [2.05, 4.69) is 20.6 Å². The number of pyridine rings is 1. The van der Waals surface area contributed by atoms with Gasteiger partial charge in [0.15, 0.2) is 5.96 Å². The molecule has 2 N–H and O–H groups in total. The molecule has 130 valence electrons. The summed E-state index contributed by atoms with van der Waals surface area (Å²) >= 11 is 5.77. The summed E-state index contributed by atoms with van der Waals surface area (Å²) in [6.07, 6.45) is 5.19. The number of aliphatic imine (C=N–C) groups is 1. The van der Waals surface area contributed by atoms with Gasteiger partial charge in [0.2, 0.25) is 0 Å². The number of hydrogen-bond donors (Lipinski definition) is 2. The fourth-order valence-corrected chi connectivity index (χ4v) is 2.16. The van der Waals surface area contributed by atoms with E-state index in [-0.39, 0.29) is 0 Å². The first kappa shape index (κ1) is 18.3. The molecule has 0 saturated carbocycles. The van der Waals surface area contributed by atoms with E-state index >= 15 is 0 Å². The Balaban J connectivity index is 1.53. The number of guanidine groups is 1. The predicted molar refractivity (Wildman–Crippen MR) is 95.3 cm³/mol. The number of hydrogen-bond acceptors (Lipinski definition) is 4. The Kier molecular flexibility index (Phi) is 8.13. The maximum Gasteiger partial charge on any atom is 0.190 e. The van der Waals surface area contributed by atoms with Crippen molar-refractivity contribution in [3.05, 3.63) is 53.2 Å². The summed E-state index contributed by atoms with van der Waals surface area (Å²) in [5.41, 5.74) is 1.13. The number of furan rings is 1. The normalized spacial score (nSPS) is 11.5. The third-order valence-corrected chi connectivity index (χ3v) is 3.52. The van der Waals surface area contributed by atoms with E-state index < -0.39 is 0 Å². The highest BCUT2D eigenvalue weighted by molar-refractivity contribution is 6.29. The number of halogens is 1. The summed E-state index contributed by atoms with van der Waals surface area (Å²) in [6, 6.07) is 7.53. The second-order valence-corrected chi connectivity index (χ2v) is 5.54. The number of rotatable bonds is 9. The molecule has 0 spiro atoms. The van der Waals surface area contributed by atoms with Crippen molar-refractivity contribution in [2.75, 3.05) is 26.7 Å². The lowest BCUT2D eigenvalue weighted by atomic mass is 10.2. The molecule has 2 aromatic heterocycles. The van der Waals surface area contributed by atoms with Crippen LogP contribution in [0.25, 0.3) is 0 Å². The lowest BCUT2D eigenvalue weighted by Crippen LogP contribution is -2.39. The van der Waals surface area contributed by atoms with Gasteiger partial charge in [0.05, 0.1) is 6.26 Å². The zero-order valence-corrected chi connectivity index (χ0v) is 14.6. The van der Waals surface area contributed by atoms with Crippen LogP contribution in [0.3, 0.4) is 0 Å². The van der Waals surface area contributed by atoms with Crippen LogP contribution in [0.2, 0.25) is 5.15 Å². The Morgan fingerprint density at radius 2 is 2.17 bits per heavy atom. The summed E-state index contributed by atoms with van der Waals surface area (Å²) in [4.78, 5) is 8.26. The van der Waals surface area contributed by atoms with Gasteiger partial charge in [-0.3, -0.25) is 4.99 Å². The Hall–Kier alpha value is -2.05. The molecule has 0 aliphatic heterocycles. The molecule has 0 unspecified atom stereocenters. The third-order valence-electron chi connectivity index (χ3n) is 3.30. The van der Waals surface area contributed by atoms with Crippen LogP contribution < -0.4 is 10.6 Å². The zero-order chi connectivity index (χ0) is 17.0. The molecule has 0 aliphatic rings. The van der Waals surface area contributed by atoms with E-state index in [1.165, 1.54) is 0 Å². The van der Waals surface area contributed by atoms with Crippen molar-refractivity contribution in [3.8, 4) is 0 Å². The molecule has 0 aromatic carbocycles. The van der Waals surface area contributed by atoms with E-state index in [1.807, 2.05) is 18.2 Å². The summed E-state index contributed by atoms with van der Waals surface area (Å²) in [5, 5.41) is 7.04. The maximum absolute atomic E-state index is 5.77. The average Bonchev–Trinajstić information content (AvgIpc) is 3.11. The number of ether oxygens (including phenoxy) is 1. The Labute approximate surface area is 147 Å². The van der Waals surface area contributed by atoms with Crippen LogP contribution in [-0.4, -0.2) is 37.7 Å². The van der Waals surface area contributed by atoms with Crippen molar-refractivity contribution in [2.45, 2.75) is 19.4 Å². The minimum absolute atomic E-state index is 0.509. The van der Waals surface area contributed by atoms with Gasteiger partial charge >= 0.3 is 0 Å². The monoisotopic (exact) mass is 350 g/mol. The van der Waals surface area contributed by atoms with Crippen molar-refractivity contribution in [1.29, 1.82) is 0 Å². The van der Waals surface area contributed by atoms with E-state index in [0.717, 1.165) is 43.2 Å². The third kappa shape index (κ3) is 7.02. The molecular formula is C17H23ClN4O2. The summed E-state index contributed by atoms with van der Waals surface area (Å²) in [7, 11) is 1.76. The average molecular weight is 351 g/mol. The molecule has 0 atom stereocenters. The fourth-order valence-electron chi connectivity index (χ4n) is 2.05. The molecule has 0 amide bonds. The molecule has 0 saturated heterocycles. The molecular weight excluding hydrogens is 328 g/mol. The molecule has 6 nitrogen and oxygen atoms in total. The number of aromatic nitrogens is 1. The number of nitrogens with zero attached hydrogens (tertiary/aromatic N) is 2. The van der Waals surface area contributed by atoms with Gasteiger partial charge in [-0.15, -0.1) is 0 Å². The van der Waals surface area contributed by atoms with Crippen molar-refractivity contribution in [3.63, 3.8) is 0 Å². The Bertz CT molecular complexity index is 600. The molecule has 24 heavy (non-hydrogen) atoms. The lowest BCUT2D eigenvalue weighted by Gasteiger charge is -2.11. The van der Waals surface area contributed by atoms with E-state index in [4.69, 9.17) is 20.8 Å². The van der Waals surface area contributed by atoms with Crippen LogP contribution in [0, 0.1) is 0 Å². The molecule has 0 aliphatic carbocycles. The summed E-state index contributed by atoms with van der Waals surface area (Å²) < 4.78 is 10.7. The molecule has 0 bridgehead atoms. The van der Waals surface area contributed by atoms with Gasteiger partial charge in [-0.25, -0.2) is 4.98 Å². The Morgan fingerprint density at radius 1 is 1.29 bits per heavy atom. The van der Waals surface area contributed by atoms with Gasteiger partial charge in [0.25, 0.3) is 0 Å². The smallest absolute Gasteiger partial charge is 0.190 e. The van der Waals surface area contributed by atoms with Gasteiger partial charge < -0.3 is 19.8 Å². The quantitative estimate of drug-likeness (QED) is 0.315. The first-order chi connectivity index (χ1) is 11.8. The Morgan fingerprint density at radius 3 is 2.88 bits per heavy atom. The van der Waals surface area contributed by atoms with Crippen LogP contribution in [0.15, 0.2) is 46.1 Å². The molecule has 2 rings (SSSR count). The highest BCUT2D eigenvalue weighted by Gasteiger charge is 1.99. The van der Waals surface area contributed by atoms with Gasteiger partial charge in [-0.2, -0.15) is 0 Å². The minimum atomic E-state index is 0.509. The van der Waals surface area contributed by atoms with Gasteiger partial charge in [0, 0.05) is 32.9 Å². The zero-order valence-electron chi connectivity index (χ0n) is 13.8. The van der Waals surface area contributed by atoms with Crippen LogP contribution in [0.4, 0.5) is 0 Å². The standard InChI is InChI=1S/C17H23ClN4O2/c1-19-17(21-9-7-14-5-6-16(18)22-12-14)20-8-3-10-23-13-15-4-2-11-24-15/h2,4-6,11-12H,3,7-10,13H2,1H3,(H2,19,20,21). The topological polar surface area (TPSA) is 71.7 Å². The van der Waals surface area contributed by atoms with Crippen molar-refractivity contribution in [1.82, 2.24) is 15.6 Å². The van der Waals surface area contributed by atoms with E-state index in [0.29, 0.717) is 18.4 Å². The van der Waals surface area contributed by atoms with Crippen molar-refractivity contribution >= 4 is 17.6 Å². The minimum Gasteiger partial charge on any atom is -0.467 e. The first-order valence-corrected chi connectivity index (χ1v) is 8.31. The largest absolute Gasteiger partial charge is 0.467 e. The summed E-state index contributed by atoms with van der Waals surface area (Å²) in [5.74, 6) is 1.63. The fraction of sp³-hybridized carbons (Fsp3) is 0.412. The molecule has 2 heterocycles. The second kappa shape index (κ2) is 10.7. The van der Waals surface area contributed by atoms with Crippen LogP contribution in [0.5, 0.6) is 0 Å². The SMILES string of the molecule is CN=C(NCCCOCc1ccco1)NCCc1ccc(Cl)nc1. The molecule has 0 radical (unpaired) electrons. The molecule has 7 heteroatoms. The lowest BCUT2D eigenvalue weighted by molar-refractivity contribution is 0.105. The van der Waals surface area contributed by atoms with Gasteiger partial charge in [0.1, 0.15) is 17.5 Å². The molecule has 0 fully saturated rings. The van der Waals surface area contributed by atoms with Crippen LogP contribution in [-0.2, 0) is 17.8 Å². The van der Waals surface area contributed by atoms with E-state index in [1.54, 1.807) is 25.6 Å². The van der Waals surface area contributed by atoms with Crippen molar-refractivity contribution in [2.24, 2.45) is 4.99 Å². The number of nitrogens with one attached hydrogen (secondary N) is 2. The van der Waals surface area contributed by atoms with Crippen molar-refractivity contribution < 1.29 is 9.15 Å². The highest BCUT2D eigenvalue weighted by atomic mass is 35.5. The molecule has 2 aromatic rings. The van der Waals surface area contributed by atoms with Gasteiger partial charge in [-0.05, 0) is 36.6 Å². The predicted octanol–water partition coefficient (Wildman–Crippen LogP) is 2.64. The van der Waals surface area contributed by atoms with Gasteiger partial charge in [-0.1, -0.05) is 17.7 Å².